The van der Waals surface area contributed by atoms with Crippen LogP contribution in [0.1, 0.15) is 18.4 Å². The highest BCUT2D eigenvalue weighted by molar-refractivity contribution is 5.14. The van der Waals surface area contributed by atoms with Crippen LogP contribution in [0.25, 0.3) is 0 Å². The molecule has 1 aliphatic heterocycles. The van der Waals surface area contributed by atoms with Gasteiger partial charge in [0, 0.05) is 6.42 Å². The quantitative estimate of drug-likeness (QED) is 0.656. The van der Waals surface area contributed by atoms with Gasteiger partial charge in [0.25, 0.3) is 0 Å². The van der Waals surface area contributed by atoms with Gasteiger partial charge in [-0.3, -0.25) is 0 Å². The van der Waals surface area contributed by atoms with E-state index >= 15 is 0 Å². The number of alkyl halides is 1. The van der Waals surface area contributed by atoms with Crippen molar-refractivity contribution in [3.8, 4) is 0 Å². The highest BCUT2D eigenvalue weighted by Crippen LogP contribution is 2.20. The lowest BCUT2D eigenvalue weighted by atomic mass is 10.1. The average Bonchev–Trinajstić information content (AvgIpc) is 3.00. The maximum atomic E-state index is 13.3. The number of rotatable bonds is 5. The summed E-state index contributed by atoms with van der Waals surface area (Å²) < 4.78 is 18.3. The van der Waals surface area contributed by atoms with E-state index in [-0.39, 0.29) is 6.10 Å². The summed E-state index contributed by atoms with van der Waals surface area (Å²) in [4.78, 5) is 0. The van der Waals surface area contributed by atoms with Crippen LogP contribution in [0.5, 0.6) is 0 Å². The van der Waals surface area contributed by atoms with Crippen LogP contribution in [0.4, 0.5) is 4.39 Å². The lowest BCUT2D eigenvalue weighted by Crippen LogP contribution is -2.05. The second-order valence-corrected chi connectivity index (χ2v) is 3.81. The molecule has 1 aromatic rings. The van der Waals surface area contributed by atoms with Crippen molar-refractivity contribution in [2.75, 3.05) is 6.61 Å². The Morgan fingerprint density at radius 3 is 2.71 bits per heavy atom. The molecule has 1 aromatic carbocycles. The maximum Gasteiger partial charge on any atom is 0.103 e. The number of aryl methyl sites for hydroxylation is 1. The van der Waals surface area contributed by atoms with Crippen molar-refractivity contribution in [1.29, 1.82) is 0 Å². The van der Waals surface area contributed by atoms with Gasteiger partial charge in [-0.25, -0.2) is 4.39 Å². The van der Waals surface area contributed by atoms with Crippen LogP contribution in [-0.4, -0.2) is 18.9 Å². The molecule has 0 spiro atoms. The van der Waals surface area contributed by atoms with Gasteiger partial charge in [0.1, 0.15) is 6.17 Å². The zero-order valence-electron chi connectivity index (χ0n) is 8.16. The van der Waals surface area contributed by atoms with E-state index in [2.05, 4.69) is 0 Å². The van der Waals surface area contributed by atoms with Crippen molar-refractivity contribution in [2.24, 2.45) is 0 Å². The molecule has 2 rings (SSSR count). The van der Waals surface area contributed by atoms with Crippen LogP contribution in [0.2, 0.25) is 0 Å². The molecule has 0 aromatic heterocycles. The molecule has 1 aliphatic rings. The molecule has 0 N–H and O–H groups in total. The Morgan fingerprint density at radius 1 is 1.36 bits per heavy atom. The van der Waals surface area contributed by atoms with Gasteiger partial charge in [0.15, 0.2) is 0 Å². The largest absolute Gasteiger partial charge is 0.373 e. The first-order chi connectivity index (χ1) is 6.84. The second kappa shape index (κ2) is 4.56. The molecular formula is C12H15FO. The maximum absolute atomic E-state index is 13.3. The Balaban J connectivity index is 1.70. The number of ether oxygens (including phenoxy) is 1. The van der Waals surface area contributed by atoms with Gasteiger partial charge in [-0.05, 0) is 18.4 Å². The van der Waals surface area contributed by atoms with Crippen molar-refractivity contribution in [3.05, 3.63) is 35.9 Å². The third-order valence-corrected chi connectivity index (χ3v) is 2.51. The molecule has 2 atom stereocenters. The summed E-state index contributed by atoms with van der Waals surface area (Å²) in [6.07, 6.45) is 1.52. The first-order valence-electron chi connectivity index (χ1n) is 5.14. The van der Waals surface area contributed by atoms with Gasteiger partial charge in [-0.2, -0.15) is 0 Å². The fourth-order valence-corrected chi connectivity index (χ4v) is 1.58. The van der Waals surface area contributed by atoms with E-state index in [1.807, 2.05) is 30.3 Å². The molecule has 76 valence electrons. The molecule has 14 heavy (non-hydrogen) atoms. The second-order valence-electron chi connectivity index (χ2n) is 3.81. The predicted molar refractivity (Wildman–Crippen MR) is 54.0 cm³/mol. The van der Waals surface area contributed by atoms with Crippen LogP contribution in [-0.2, 0) is 11.2 Å². The Labute approximate surface area is 83.9 Å². The molecule has 2 heteroatoms. The molecule has 0 amide bonds. The van der Waals surface area contributed by atoms with E-state index in [4.69, 9.17) is 4.74 Å². The molecule has 1 fully saturated rings. The van der Waals surface area contributed by atoms with Crippen LogP contribution >= 0.6 is 0 Å². The number of benzene rings is 1. The molecule has 1 heterocycles. The van der Waals surface area contributed by atoms with E-state index in [9.17, 15) is 4.39 Å². The summed E-state index contributed by atoms with van der Waals surface area (Å²) in [5, 5.41) is 0. The molecule has 0 saturated carbocycles. The zero-order valence-corrected chi connectivity index (χ0v) is 8.16. The molecule has 2 unspecified atom stereocenters. The fraction of sp³-hybridized carbons (Fsp3) is 0.500. The Kier molecular flexibility index (Phi) is 3.14. The first-order valence-corrected chi connectivity index (χ1v) is 5.14. The third-order valence-electron chi connectivity index (χ3n) is 2.51. The van der Waals surface area contributed by atoms with Crippen LogP contribution < -0.4 is 0 Å². The summed E-state index contributed by atoms with van der Waals surface area (Å²) >= 11 is 0. The lowest BCUT2D eigenvalue weighted by Gasteiger charge is -2.05. The minimum Gasteiger partial charge on any atom is -0.373 e. The van der Waals surface area contributed by atoms with Gasteiger partial charge >= 0.3 is 0 Å². The van der Waals surface area contributed by atoms with Crippen molar-refractivity contribution in [3.63, 3.8) is 0 Å². The molecular weight excluding hydrogens is 179 g/mol. The molecule has 1 saturated heterocycles. The van der Waals surface area contributed by atoms with Crippen molar-refractivity contribution < 1.29 is 9.13 Å². The van der Waals surface area contributed by atoms with E-state index in [0.717, 1.165) is 13.0 Å². The average molecular weight is 194 g/mol. The van der Waals surface area contributed by atoms with E-state index in [0.29, 0.717) is 12.8 Å². The minimum atomic E-state index is -0.706. The third kappa shape index (κ3) is 3.11. The number of halogens is 1. The standard InChI is InChI=1S/C12H15FO/c13-11(8-12-9-14-12)7-6-10-4-2-1-3-5-10/h1-5,11-12H,6-9H2. The van der Waals surface area contributed by atoms with Gasteiger partial charge < -0.3 is 4.74 Å². The van der Waals surface area contributed by atoms with E-state index in [1.54, 1.807) is 0 Å². The van der Waals surface area contributed by atoms with Crippen molar-refractivity contribution in [2.45, 2.75) is 31.5 Å². The fourth-order valence-electron chi connectivity index (χ4n) is 1.58. The van der Waals surface area contributed by atoms with Crippen LogP contribution in [0.3, 0.4) is 0 Å². The normalized spacial score (nSPS) is 21.9. The molecule has 1 nitrogen and oxygen atoms in total. The monoisotopic (exact) mass is 194 g/mol. The van der Waals surface area contributed by atoms with Gasteiger partial charge in [-0.1, -0.05) is 30.3 Å². The number of hydrogen-bond acceptors (Lipinski definition) is 1. The first kappa shape index (κ1) is 9.66. The summed E-state index contributed by atoms with van der Waals surface area (Å²) in [7, 11) is 0. The Morgan fingerprint density at radius 2 is 2.07 bits per heavy atom. The predicted octanol–water partition coefficient (Wildman–Crippen LogP) is 2.75. The summed E-state index contributed by atoms with van der Waals surface area (Å²) in [6.45, 7) is 0.756. The summed E-state index contributed by atoms with van der Waals surface area (Å²) in [6, 6.07) is 10.0. The van der Waals surface area contributed by atoms with Gasteiger partial charge in [0.2, 0.25) is 0 Å². The highest BCUT2D eigenvalue weighted by Gasteiger charge is 2.26. The molecule has 0 bridgehead atoms. The SMILES string of the molecule is FC(CCc1ccccc1)CC1CO1. The highest BCUT2D eigenvalue weighted by atomic mass is 19.1. The lowest BCUT2D eigenvalue weighted by molar-refractivity contribution is 0.262. The summed E-state index contributed by atoms with van der Waals surface area (Å²) in [5.74, 6) is 0. The van der Waals surface area contributed by atoms with Crippen molar-refractivity contribution >= 4 is 0 Å². The Hall–Kier alpha value is -0.890. The van der Waals surface area contributed by atoms with E-state index in [1.165, 1.54) is 5.56 Å². The number of hydrogen-bond donors (Lipinski definition) is 0. The van der Waals surface area contributed by atoms with Gasteiger partial charge in [0.05, 0.1) is 12.7 Å². The zero-order chi connectivity index (χ0) is 9.80. The van der Waals surface area contributed by atoms with Gasteiger partial charge in [-0.15, -0.1) is 0 Å². The Bertz CT molecular complexity index is 269. The minimum absolute atomic E-state index is 0.209. The van der Waals surface area contributed by atoms with Crippen LogP contribution in [0, 0.1) is 0 Å². The molecule has 0 radical (unpaired) electrons. The molecule has 0 aliphatic carbocycles. The van der Waals surface area contributed by atoms with Crippen molar-refractivity contribution in [1.82, 2.24) is 0 Å². The van der Waals surface area contributed by atoms with E-state index < -0.39 is 6.17 Å². The summed E-state index contributed by atoms with van der Waals surface area (Å²) in [5.41, 5.74) is 1.21. The smallest absolute Gasteiger partial charge is 0.103 e. The topological polar surface area (TPSA) is 12.5 Å². The number of epoxide rings is 1. The van der Waals surface area contributed by atoms with Crippen LogP contribution in [0.15, 0.2) is 30.3 Å².